The first-order valence-corrected chi connectivity index (χ1v) is 8.36. The SMILES string of the molecule is Cc1ccc(OC[C@@H]2COC(C)(C)N2C(=O)OC(C)(C)C)c(C)c1. The Hall–Kier alpha value is -1.75. The lowest BCUT2D eigenvalue weighted by Crippen LogP contribution is -2.51. The molecule has 24 heavy (non-hydrogen) atoms. The Labute approximate surface area is 144 Å². The molecule has 0 bridgehead atoms. The van der Waals surface area contributed by atoms with Crippen LogP contribution in [0.4, 0.5) is 4.79 Å². The number of hydrogen-bond acceptors (Lipinski definition) is 4. The van der Waals surface area contributed by atoms with Gasteiger partial charge in [-0.05, 0) is 60.1 Å². The molecule has 0 saturated carbocycles. The van der Waals surface area contributed by atoms with E-state index in [1.54, 1.807) is 4.90 Å². The molecule has 1 amide bonds. The maximum absolute atomic E-state index is 12.6. The highest BCUT2D eigenvalue weighted by molar-refractivity contribution is 5.69. The lowest BCUT2D eigenvalue weighted by molar-refractivity contribution is -0.0637. The highest BCUT2D eigenvalue weighted by Gasteiger charge is 2.46. The molecule has 1 aromatic rings. The lowest BCUT2D eigenvalue weighted by Gasteiger charge is -2.35. The minimum atomic E-state index is -0.710. The molecule has 1 saturated heterocycles. The number of carbonyl (C=O) groups excluding carboxylic acids is 1. The summed E-state index contributed by atoms with van der Waals surface area (Å²) in [4.78, 5) is 14.2. The topological polar surface area (TPSA) is 48.0 Å². The maximum atomic E-state index is 12.6. The van der Waals surface area contributed by atoms with Crippen LogP contribution in [0.15, 0.2) is 18.2 Å². The van der Waals surface area contributed by atoms with Gasteiger partial charge < -0.3 is 14.2 Å². The Morgan fingerprint density at radius 1 is 1.33 bits per heavy atom. The summed E-state index contributed by atoms with van der Waals surface area (Å²) < 4.78 is 17.3. The van der Waals surface area contributed by atoms with E-state index in [1.165, 1.54) is 5.56 Å². The molecule has 5 nitrogen and oxygen atoms in total. The summed E-state index contributed by atoms with van der Waals surface area (Å²) in [6, 6.07) is 5.87. The van der Waals surface area contributed by atoms with Crippen LogP contribution < -0.4 is 4.74 Å². The molecule has 0 radical (unpaired) electrons. The van der Waals surface area contributed by atoms with E-state index >= 15 is 0 Å². The Kier molecular flexibility index (Phi) is 5.14. The fourth-order valence-electron chi connectivity index (χ4n) is 2.83. The minimum absolute atomic E-state index is 0.185. The Bertz CT molecular complexity index is 604. The van der Waals surface area contributed by atoms with Crippen LogP contribution >= 0.6 is 0 Å². The Morgan fingerprint density at radius 3 is 2.58 bits per heavy atom. The first kappa shape index (κ1) is 18.6. The van der Waals surface area contributed by atoms with E-state index in [4.69, 9.17) is 14.2 Å². The van der Waals surface area contributed by atoms with Crippen molar-refractivity contribution in [3.8, 4) is 5.75 Å². The largest absolute Gasteiger partial charge is 0.491 e. The van der Waals surface area contributed by atoms with Gasteiger partial charge in [-0.15, -0.1) is 0 Å². The molecule has 1 aliphatic heterocycles. The predicted molar refractivity (Wildman–Crippen MR) is 93.3 cm³/mol. The number of ether oxygens (including phenoxy) is 3. The van der Waals surface area contributed by atoms with Gasteiger partial charge in [0.15, 0.2) is 0 Å². The third-order valence-corrected chi connectivity index (χ3v) is 3.93. The van der Waals surface area contributed by atoms with E-state index in [9.17, 15) is 4.79 Å². The highest BCUT2D eigenvalue weighted by Crippen LogP contribution is 2.30. The molecule has 1 aliphatic rings. The third kappa shape index (κ3) is 4.41. The van der Waals surface area contributed by atoms with E-state index < -0.39 is 11.3 Å². The standard InChI is InChI=1S/C19H29NO4/c1-13-8-9-16(14(2)10-13)22-11-15-12-23-19(6,7)20(15)17(21)24-18(3,4)5/h8-10,15H,11-12H2,1-7H3/t15-/m1/s1. The first-order valence-electron chi connectivity index (χ1n) is 8.36. The zero-order valence-electron chi connectivity index (χ0n) is 15.8. The van der Waals surface area contributed by atoms with E-state index in [-0.39, 0.29) is 12.1 Å². The van der Waals surface area contributed by atoms with Gasteiger partial charge in [0.25, 0.3) is 0 Å². The van der Waals surface area contributed by atoms with Crippen molar-refractivity contribution < 1.29 is 19.0 Å². The van der Waals surface area contributed by atoms with Gasteiger partial charge in [0, 0.05) is 0 Å². The van der Waals surface area contributed by atoms with Crippen molar-refractivity contribution in [2.75, 3.05) is 13.2 Å². The summed E-state index contributed by atoms with van der Waals surface area (Å²) in [5, 5.41) is 0. The van der Waals surface area contributed by atoms with Crippen molar-refractivity contribution in [2.24, 2.45) is 0 Å². The molecule has 1 fully saturated rings. The van der Waals surface area contributed by atoms with Gasteiger partial charge >= 0.3 is 6.09 Å². The average Bonchev–Trinajstić information content (AvgIpc) is 2.71. The summed E-state index contributed by atoms with van der Waals surface area (Å²) in [6.45, 7) is 14.2. The van der Waals surface area contributed by atoms with Gasteiger partial charge in [-0.2, -0.15) is 0 Å². The zero-order valence-corrected chi connectivity index (χ0v) is 15.8. The van der Waals surface area contributed by atoms with Gasteiger partial charge in [0.05, 0.1) is 12.6 Å². The average molecular weight is 335 g/mol. The number of carbonyl (C=O) groups is 1. The number of nitrogens with zero attached hydrogens (tertiary/aromatic N) is 1. The molecule has 0 spiro atoms. The summed E-state index contributed by atoms with van der Waals surface area (Å²) in [5.74, 6) is 0.828. The molecule has 0 aromatic heterocycles. The first-order chi connectivity index (χ1) is 11.0. The molecule has 1 heterocycles. The van der Waals surface area contributed by atoms with Crippen LogP contribution in [-0.4, -0.2) is 41.6 Å². The number of rotatable bonds is 3. The van der Waals surface area contributed by atoms with Crippen LogP contribution in [0.25, 0.3) is 0 Å². The molecular formula is C19H29NO4. The predicted octanol–water partition coefficient (Wildman–Crippen LogP) is 4.05. The summed E-state index contributed by atoms with van der Waals surface area (Å²) >= 11 is 0. The second kappa shape index (κ2) is 6.63. The van der Waals surface area contributed by atoms with Crippen molar-refractivity contribution in [3.05, 3.63) is 29.3 Å². The van der Waals surface area contributed by atoms with Gasteiger partial charge in [-0.3, -0.25) is 4.90 Å². The molecule has 0 aliphatic carbocycles. The number of amides is 1. The number of benzene rings is 1. The fraction of sp³-hybridized carbons (Fsp3) is 0.632. The maximum Gasteiger partial charge on any atom is 0.413 e. The number of aryl methyl sites for hydroxylation is 2. The van der Waals surface area contributed by atoms with E-state index in [0.717, 1.165) is 11.3 Å². The quantitative estimate of drug-likeness (QED) is 0.836. The van der Waals surface area contributed by atoms with E-state index in [1.807, 2.05) is 60.6 Å². The summed E-state index contributed by atoms with van der Waals surface area (Å²) in [5.41, 5.74) is 1.02. The van der Waals surface area contributed by atoms with Crippen LogP contribution in [0.1, 0.15) is 45.7 Å². The lowest BCUT2D eigenvalue weighted by atomic mass is 10.1. The monoisotopic (exact) mass is 335 g/mol. The minimum Gasteiger partial charge on any atom is -0.491 e. The van der Waals surface area contributed by atoms with Crippen molar-refractivity contribution >= 4 is 6.09 Å². The Morgan fingerprint density at radius 2 is 2.00 bits per heavy atom. The van der Waals surface area contributed by atoms with Crippen molar-refractivity contribution in [3.63, 3.8) is 0 Å². The molecule has 0 unspecified atom stereocenters. The molecule has 0 N–H and O–H groups in total. The normalized spacial score (nSPS) is 20.1. The number of hydrogen-bond donors (Lipinski definition) is 0. The van der Waals surface area contributed by atoms with Gasteiger partial charge in [0.2, 0.25) is 0 Å². The van der Waals surface area contributed by atoms with Crippen molar-refractivity contribution in [1.29, 1.82) is 0 Å². The molecule has 1 atom stereocenters. The fourth-order valence-corrected chi connectivity index (χ4v) is 2.83. The van der Waals surface area contributed by atoms with Gasteiger partial charge in [-0.1, -0.05) is 17.7 Å². The second-order valence-corrected chi connectivity index (χ2v) is 7.84. The van der Waals surface area contributed by atoms with Crippen molar-refractivity contribution in [2.45, 2.75) is 65.8 Å². The molecule has 1 aromatic carbocycles. The van der Waals surface area contributed by atoms with Crippen LogP contribution in [0.5, 0.6) is 5.75 Å². The Balaban J connectivity index is 2.09. The van der Waals surface area contributed by atoms with Crippen LogP contribution in [-0.2, 0) is 9.47 Å². The molecular weight excluding hydrogens is 306 g/mol. The van der Waals surface area contributed by atoms with Crippen LogP contribution in [0.2, 0.25) is 0 Å². The summed E-state index contributed by atoms with van der Waals surface area (Å²) in [7, 11) is 0. The van der Waals surface area contributed by atoms with Crippen molar-refractivity contribution in [1.82, 2.24) is 4.90 Å². The van der Waals surface area contributed by atoms with Crippen LogP contribution in [0.3, 0.4) is 0 Å². The smallest absolute Gasteiger partial charge is 0.413 e. The van der Waals surface area contributed by atoms with Gasteiger partial charge in [0.1, 0.15) is 23.7 Å². The molecule has 134 valence electrons. The third-order valence-electron chi connectivity index (χ3n) is 3.93. The van der Waals surface area contributed by atoms with E-state index in [2.05, 4.69) is 6.07 Å². The van der Waals surface area contributed by atoms with E-state index in [0.29, 0.717) is 13.2 Å². The highest BCUT2D eigenvalue weighted by atomic mass is 16.6. The summed E-state index contributed by atoms with van der Waals surface area (Å²) in [6.07, 6.45) is -0.376. The zero-order chi connectivity index (χ0) is 18.1. The second-order valence-electron chi connectivity index (χ2n) is 7.84. The molecule has 5 heteroatoms. The molecule has 2 rings (SSSR count). The van der Waals surface area contributed by atoms with Crippen LogP contribution in [0, 0.1) is 13.8 Å². The van der Waals surface area contributed by atoms with Gasteiger partial charge in [-0.25, -0.2) is 4.79 Å².